The third-order valence-corrected chi connectivity index (χ3v) is 2.96. The molecule has 1 N–H and O–H groups in total. The number of halogens is 1. The van der Waals surface area contributed by atoms with E-state index in [9.17, 15) is 9.50 Å². The number of aliphatic hydroxyl groups excluding tert-OH is 1. The van der Waals surface area contributed by atoms with Gasteiger partial charge < -0.3 is 9.84 Å². The Labute approximate surface area is 118 Å². The standard InChI is InChI=1S/C16H18FNO2/c1-16(2,3)13-6-4-5-7-14(13)20-15-11(10-19)8-12(17)9-18-15/h4-9,19H,10H2,1-3H3. The zero-order chi connectivity index (χ0) is 14.8. The summed E-state index contributed by atoms with van der Waals surface area (Å²) in [5, 5.41) is 9.26. The summed E-state index contributed by atoms with van der Waals surface area (Å²) >= 11 is 0. The van der Waals surface area contributed by atoms with Crippen molar-refractivity contribution in [2.24, 2.45) is 0 Å². The van der Waals surface area contributed by atoms with Crippen molar-refractivity contribution in [2.75, 3.05) is 0 Å². The van der Waals surface area contributed by atoms with Crippen LogP contribution in [-0.4, -0.2) is 10.1 Å². The minimum absolute atomic E-state index is 0.0873. The molecule has 20 heavy (non-hydrogen) atoms. The Kier molecular flexibility index (Phi) is 4.04. The van der Waals surface area contributed by atoms with Crippen LogP contribution in [0.5, 0.6) is 11.6 Å². The van der Waals surface area contributed by atoms with E-state index in [4.69, 9.17) is 4.74 Å². The van der Waals surface area contributed by atoms with Crippen LogP contribution in [0.3, 0.4) is 0 Å². The Hall–Kier alpha value is -1.94. The van der Waals surface area contributed by atoms with Gasteiger partial charge in [-0.1, -0.05) is 39.0 Å². The molecule has 0 saturated heterocycles. The number of aromatic nitrogens is 1. The fourth-order valence-electron chi connectivity index (χ4n) is 1.95. The number of hydrogen-bond acceptors (Lipinski definition) is 3. The Morgan fingerprint density at radius 3 is 2.60 bits per heavy atom. The van der Waals surface area contributed by atoms with Gasteiger partial charge in [0.1, 0.15) is 11.6 Å². The Bertz CT molecular complexity index is 606. The average Bonchev–Trinajstić information content (AvgIpc) is 2.40. The first-order chi connectivity index (χ1) is 9.41. The lowest BCUT2D eigenvalue weighted by Crippen LogP contribution is -2.12. The topological polar surface area (TPSA) is 42.4 Å². The number of hydrogen-bond donors (Lipinski definition) is 1. The lowest BCUT2D eigenvalue weighted by atomic mass is 9.86. The van der Waals surface area contributed by atoms with E-state index in [0.29, 0.717) is 11.3 Å². The smallest absolute Gasteiger partial charge is 0.224 e. The molecule has 106 valence electrons. The second kappa shape index (κ2) is 5.59. The molecule has 1 aromatic heterocycles. The molecule has 4 heteroatoms. The van der Waals surface area contributed by atoms with Gasteiger partial charge >= 0.3 is 0 Å². The van der Waals surface area contributed by atoms with Gasteiger partial charge in [-0.2, -0.15) is 0 Å². The molecule has 0 bridgehead atoms. The fraction of sp³-hybridized carbons (Fsp3) is 0.312. The van der Waals surface area contributed by atoms with Crippen molar-refractivity contribution < 1.29 is 14.2 Å². The van der Waals surface area contributed by atoms with Gasteiger partial charge in [0.05, 0.1) is 12.8 Å². The van der Waals surface area contributed by atoms with Crippen LogP contribution in [-0.2, 0) is 12.0 Å². The summed E-state index contributed by atoms with van der Waals surface area (Å²) in [4.78, 5) is 3.91. The third kappa shape index (κ3) is 3.14. The molecule has 0 unspecified atom stereocenters. The van der Waals surface area contributed by atoms with Crippen molar-refractivity contribution in [3.63, 3.8) is 0 Å². The maximum Gasteiger partial charge on any atom is 0.224 e. The Balaban J connectivity index is 2.41. The lowest BCUT2D eigenvalue weighted by Gasteiger charge is -2.22. The number of benzene rings is 1. The van der Waals surface area contributed by atoms with Crippen LogP contribution in [0.4, 0.5) is 4.39 Å². The van der Waals surface area contributed by atoms with Crippen molar-refractivity contribution >= 4 is 0 Å². The van der Waals surface area contributed by atoms with Gasteiger partial charge in [-0.15, -0.1) is 0 Å². The van der Waals surface area contributed by atoms with Crippen molar-refractivity contribution in [3.8, 4) is 11.6 Å². The van der Waals surface area contributed by atoms with Crippen molar-refractivity contribution in [2.45, 2.75) is 32.8 Å². The molecule has 3 nitrogen and oxygen atoms in total. The van der Waals surface area contributed by atoms with Gasteiger partial charge in [0, 0.05) is 11.1 Å². The second-order valence-corrected chi connectivity index (χ2v) is 5.62. The largest absolute Gasteiger partial charge is 0.438 e. The second-order valence-electron chi connectivity index (χ2n) is 5.62. The summed E-state index contributed by atoms with van der Waals surface area (Å²) in [7, 11) is 0. The van der Waals surface area contributed by atoms with E-state index in [1.54, 1.807) is 0 Å². The van der Waals surface area contributed by atoms with Crippen LogP contribution < -0.4 is 4.74 Å². The molecule has 1 heterocycles. The number of ether oxygens (including phenoxy) is 1. The van der Waals surface area contributed by atoms with E-state index < -0.39 is 5.82 Å². The number of rotatable bonds is 3. The Morgan fingerprint density at radius 2 is 1.95 bits per heavy atom. The maximum atomic E-state index is 13.1. The van der Waals surface area contributed by atoms with Crippen LogP contribution in [0.15, 0.2) is 36.5 Å². The number of aliphatic hydroxyl groups is 1. The predicted molar refractivity (Wildman–Crippen MR) is 75.3 cm³/mol. The van der Waals surface area contributed by atoms with Gasteiger partial charge in [0.25, 0.3) is 0 Å². The molecule has 2 rings (SSSR count). The molecule has 2 aromatic rings. The molecule has 1 aromatic carbocycles. The van der Waals surface area contributed by atoms with Crippen LogP contribution in [0.25, 0.3) is 0 Å². The molecule has 0 atom stereocenters. The predicted octanol–water partition coefficient (Wildman–Crippen LogP) is 3.80. The normalized spacial score (nSPS) is 11.4. The van der Waals surface area contributed by atoms with Gasteiger partial charge in [0.2, 0.25) is 5.88 Å². The molecule has 0 saturated carbocycles. The first-order valence-electron chi connectivity index (χ1n) is 6.44. The number of nitrogens with zero attached hydrogens (tertiary/aromatic N) is 1. The van der Waals surface area contributed by atoms with E-state index in [1.165, 1.54) is 6.07 Å². The van der Waals surface area contributed by atoms with E-state index in [2.05, 4.69) is 25.8 Å². The van der Waals surface area contributed by atoms with Crippen molar-refractivity contribution in [3.05, 3.63) is 53.5 Å². The molecule has 0 fully saturated rings. The minimum atomic E-state index is -0.495. The van der Waals surface area contributed by atoms with Crippen LogP contribution in [0.1, 0.15) is 31.9 Å². The molecular formula is C16H18FNO2. The number of pyridine rings is 1. The summed E-state index contributed by atoms with van der Waals surface area (Å²) in [6.07, 6.45) is 1.08. The van der Waals surface area contributed by atoms with Gasteiger partial charge in [-0.3, -0.25) is 0 Å². The molecule has 0 aliphatic carbocycles. The van der Waals surface area contributed by atoms with Crippen LogP contribution >= 0.6 is 0 Å². The Morgan fingerprint density at radius 1 is 1.25 bits per heavy atom. The molecular weight excluding hydrogens is 257 g/mol. The highest BCUT2D eigenvalue weighted by Crippen LogP contribution is 2.34. The summed E-state index contributed by atoms with van der Waals surface area (Å²) in [6, 6.07) is 8.86. The summed E-state index contributed by atoms with van der Waals surface area (Å²) in [5.74, 6) is 0.393. The van der Waals surface area contributed by atoms with Gasteiger partial charge in [0.15, 0.2) is 0 Å². The molecule has 0 aliphatic rings. The van der Waals surface area contributed by atoms with E-state index in [0.717, 1.165) is 11.8 Å². The highest BCUT2D eigenvalue weighted by atomic mass is 19.1. The summed E-state index contributed by atoms with van der Waals surface area (Å²) < 4.78 is 18.9. The minimum Gasteiger partial charge on any atom is -0.438 e. The van der Waals surface area contributed by atoms with Crippen molar-refractivity contribution in [1.82, 2.24) is 4.98 Å². The van der Waals surface area contributed by atoms with Gasteiger partial charge in [-0.05, 0) is 17.5 Å². The van der Waals surface area contributed by atoms with E-state index in [-0.39, 0.29) is 17.9 Å². The van der Waals surface area contributed by atoms with E-state index in [1.807, 2.05) is 24.3 Å². The molecule has 0 spiro atoms. The summed E-state index contributed by atoms with van der Waals surface area (Å²) in [6.45, 7) is 5.93. The lowest BCUT2D eigenvalue weighted by molar-refractivity contribution is 0.273. The highest BCUT2D eigenvalue weighted by molar-refractivity contribution is 5.41. The third-order valence-electron chi connectivity index (χ3n) is 2.96. The monoisotopic (exact) mass is 275 g/mol. The maximum absolute atomic E-state index is 13.1. The van der Waals surface area contributed by atoms with E-state index >= 15 is 0 Å². The van der Waals surface area contributed by atoms with Crippen LogP contribution in [0.2, 0.25) is 0 Å². The first-order valence-corrected chi connectivity index (χ1v) is 6.44. The summed E-state index contributed by atoms with van der Waals surface area (Å²) in [5.41, 5.74) is 1.26. The molecule has 0 amide bonds. The van der Waals surface area contributed by atoms with Gasteiger partial charge in [-0.25, -0.2) is 9.37 Å². The SMILES string of the molecule is CC(C)(C)c1ccccc1Oc1ncc(F)cc1CO. The zero-order valence-electron chi connectivity index (χ0n) is 11.9. The quantitative estimate of drug-likeness (QED) is 0.926. The highest BCUT2D eigenvalue weighted by Gasteiger charge is 2.19. The fourth-order valence-corrected chi connectivity index (χ4v) is 1.95. The number of para-hydroxylation sites is 1. The van der Waals surface area contributed by atoms with Crippen LogP contribution in [0, 0.1) is 5.82 Å². The van der Waals surface area contributed by atoms with Crippen molar-refractivity contribution in [1.29, 1.82) is 0 Å². The molecule has 0 aliphatic heterocycles. The molecule has 0 radical (unpaired) electrons. The average molecular weight is 275 g/mol. The zero-order valence-corrected chi connectivity index (χ0v) is 11.9. The first kappa shape index (κ1) is 14.5.